The maximum atomic E-state index is 13.1. The molecule has 0 bridgehead atoms. The van der Waals surface area contributed by atoms with Crippen LogP contribution in [0.5, 0.6) is 0 Å². The molecule has 0 radical (unpaired) electrons. The minimum absolute atomic E-state index is 0.0445. The molecule has 1 amide bonds. The molecule has 0 saturated carbocycles. The Balaban J connectivity index is 1.68. The summed E-state index contributed by atoms with van der Waals surface area (Å²) in [6.07, 6.45) is 1.70. The van der Waals surface area contributed by atoms with Gasteiger partial charge in [0.1, 0.15) is 6.54 Å². The van der Waals surface area contributed by atoms with Crippen LogP contribution in [0.1, 0.15) is 17.0 Å². The summed E-state index contributed by atoms with van der Waals surface area (Å²) in [6.45, 7) is 6.79. The van der Waals surface area contributed by atoms with Crippen molar-refractivity contribution < 1.29 is 9.53 Å². The van der Waals surface area contributed by atoms with Crippen LogP contribution < -0.4 is 5.56 Å². The van der Waals surface area contributed by atoms with Gasteiger partial charge in [0, 0.05) is 36.4 Å². The number of ether oxygens (including phenoxy) is 1. The fourth-order valence-corrected chi connectivity index (χ4v) is 3.80. The van der Waals surface area contributed by atoms with Crippen LogP contribution in [-0.4, -0.2) is 51.5 Å². The van der Waals surface area contributed by atoms with Crippen molar-refractivity contribution in [3.63, 3.8) is 0 Å². The number of rotatable bonds is 4. The van der Waals surface area contributed by atoms with Crippen LogP contribution in [-0.2, 0) is 22.6 Å². The lowest BCUT2D eigenvalue weighted by Crippen LogP contribution is -2.43. The standard InChI is InChI=1S/C21H24N4O3/c1-15-18-12-22-25(14-19(26)23-8-10-28-11-9-23)21(27)20(18)16(2)24(15)13-17-6-4-3-5-7-17/h3-7,12H,8-11,13-14H2,1-2H3. The van der Waals surface area contributed by atoms with Gasteiger partial charge < -0.3 is 14.2 Å². The molecule has 0 spiro atoms. The number of carbonyl (C=O) groups excluding carboxylic acids is 1. The number of hydrogen-bond acceptors (Lipinski definition) is 4. The Morgan fingerprint density at radius 1 is 1.11 bits per heavy atom. The Labute approximate surface area is 163 Å². The Bertz CT molecular complexity index is 1060. The Morgan fingerprint density at radius 3 is 2.54 bits per heavy atom. The molecular weight excluding hydrogens is 356 g/mol. The van der Waals surface area contributed by atoms with E-state index in [-0.39, 0.29) is 18.0 Å². The van der Waals surface area contributed by atoms with Crippen molar-refractivity contribution >= 4 is 16.7 Å². The number of fused-ring (bicyclic) bond motifs is 1. The van der Waals surface area contributed by atoms with Crippen LogP contribution >= 0.6 is 0 Å². The van der Waals surface area contributed by atoms with Crippen LogP contribution in [0.4, 0.5) is 0 Å². The second-order valence-corrected chi connectivity index (χ2v) is 7.13. The average Bonchev–Trinajstić information content (AvgIpc) is 2.96. The van der Waals surface area contributed by atoms with Crippen LogP contribution in [0.25, 0.3) is 10.8 Å². The van der Waals surface area contributed by atoms with Gasteiger partial charge in [0.2, 0.25) is 5.91 Å². The third-order valence-electron chi connectivity index (χ3n) is 5.44. The van der Waals surface area contributed by atoms with Crippen molar-refractivity contribution in [2.45, 2.75) is 26.9 Å². The number of amides is 1. The van der Waals surface area contributed by atoms with Gasteiger partial charge in [-0.3, -0.25) is 9.59 Å². The number of hydrogen-bond donors (Lipinski definition) is 0. The van der Waals surface area contributed by atoms with Crippen molar-refractivity contribution in [3.05, 3.63) is 63.8 Å². The summed E-state index contributed by atoms with van der Waals surface area (Å²) < 4.78 is 8.69. The minimum atomic E-state index is -0.216. The summed E-state index contributed by atoms with van der Waals surface area (Å²) >= 11 is 0. The van der Waals surface area contributed by atoms with Gasteiger partial charge in [-0.1, -0.05) is 30.3 Å². The number of nitrogens with zero attached hydrogens (tertiary/aromatic N) is 4. The van der Waals surface area contributed by atoms with Crippen molar-refractivity contribution in [1.82, 2.24) is 19.2 Å². The molecule has 3 aromatic rings. The van der Waals surface area contributed by atoms with E-state index in [0.29, 0.717) is 38.2 Å². The second-order valence-electron chi connectivity index (χ2n) is 7.13. The highest BCUT2D eigenvalue weighted by molar-refractivity contribution is 5.87. The van der Waals surface area contributed by atoms with Crippen molar-refractivity contribution in [1.29, 1.82) is 0 Å². The van der Waals surface area contributed by atoms with E-state index in [1.54, 1.807) is 11.1 Å². The molecule has 0 N–H and O–H groups in total. The number of aromatic nitrogens is 3. The molecule has 3 heterocycles. The zero-order valence-corrected chi connectivity index (χ0v) is 16.2. The quantitative estimate of drug-likeness (QED) is 0.691. The maximum Gasteiger partial charge on any atom is 0.276 e. The zero-order valence-electron chi connectivity index (χ0n) is 16.2. The van der Waals surface area contributed by atoms with Gasteiger partial charge in [-0.25, -0.2) is 4.68 Å². The lowest BCUT2D eigenvalue weighted by Gasteiger charge is -2.26. The van der Waals surface area contributed by atoms with E-state index >= 15 is 0 Å². The molecule has 28 heavy (non-hydrogen) atoms. The largest absolute Gasteiger partial charge is 0.378 e. The van der Waals surface area contributed by atoms with Crippen LogP contribution in [0.2, 0.25) is 0 Å². The van der Waals surface area contributed by atoms with Crippen LogP contribution in [0.15, 0.2) is 41.3 Å². The SMILES string of the molecule is Cc1c2cnn(CC(=O)N3CCOCC3)c(=O)c2c(C)n1Cc1ccccc1. The van der Waals surface area contributed by atoms with Gasteiger partial charge in [-0.15, -0.1) is 0 Å². The first-order chi connectivity index (χ1) is 13.6. The van der Waals surface area contributed by atoms with Gasteiger partial charge in [-0.05, 0) is 19.4 Å². The van der Waals surface area contributed by atoms with Gasteiger partial charge in [0.05, 0.1) is 24.8 Å². The molecule has 0 aliphatic carbocycles. The first-order valence-electron chi connectivity index (χ1n) is 9.51. The predicted octanol–water partition coefficient (Wildman–Crippen LogP) is 1.72. The average molecular weight is 380 g/mol. The molecule has 7 heteroatoms. The predicted molar refractivity (Wildman–Crippen MR) is 106 cm³/mol. The van der Waals surface area contributed by atoms with E-state index in [9.17, 15) is 9.59 Å². The maximum absolute atomic E-state index is 13.1. The molecule has 0 atom stereocenters. The van der Waals surface area contributed by atoms with E-state index in [1.807, 2.05) is 32.0 Å². The number of benzene rings is 1. The number of morpholine rings is 1. The molecule has 146 valence electrons. The van der Waals surface area contributed by atoms with Crippen molar-refractivity contribution in [2.75, 3.05) is 26.3 Å². The van der Waals surface area contributed by atoms with E-state index in [1.165, 1.54) is 10.2 Å². The smallest absolute Gasteiger partial charge is 0.276 e. The summed E-state index contributed by atoms with van der Waals surface area (Å²) in [4.78, 5) is 27.3. The molecule has 1 aliphatic rings. The third-order valence-corrected chi connectivity index (χ3v) is 5.44. The second kappa shape index (κ2) is 7.59. The van der Waals surface area contributed by atoms with E-state index in [0.717, 1.165) is 16.8 Å². The van der Waals surface area contributed by atoms with E-state index in [4.69, 9.17) is 4.74 Å². The molecule has 1 aliphatic heterocycles. The summed E-state index contributed by atoms with van der Waals surface area (Å²) in [5.74, 6) is -0.102. The molecule has 0 unspecified atom stereocenters. The van der Waals surface area contributed by atoms with Crippen LogP contribution in [0.3, 0.4) is 0 Å². The van der Waals surface area contributed by atoms with Gasteiger partial charge >= 0.3 is 0 Å². The van der Waals surface area contributed by atoms with E-state index < -0.39 is 0 Å². The summed E-state index contributed by atoms with van der Waals surface area (Å²) in [5, 5.41) is 5.75. The lowest BCUT2D eigenvalue weighted by atomic mass is 10.2. The highest BCUT2D eigenvalue weighted by Crippen LogP contribution is 2.23. The highest BCUT2D eigenvalue weighted by atomic mass is 16.5. The Kier molecular flexibility index (Phi) is 5.00. The monoisotopic (exact) mass is 380 g/mol. The molecular formula is C21H24N4O3. The van der Waals surface area contributed by atoms with Crippen LogP contribution in [0, 0.1) is 13.8 Å². The molecule has 1 saturated heterocycles. The molecule has 1 aromatic carbocycles. The van der Waals surface area contributed by atoms with Gasteiger partial charge in [0.15, 0.2) is 0 Å². The highest BCUT2D eigenvalue weighted by Gasteiger charge is 2.20. The van der Waals surface area contributed by atoms with Crippen molar-refractivity contribution in [2.24, 2.45) is 0 Å². The minimum Gasteiger partial charge on any atom is -0.378 e. The molecule has 7 nitrogen and oxygen atoms in total. The number of aryl methyl sites for hydroxylation is 2. The molecule has 2 aromatic heterocycles. The fourth-order valence-electron chi connectivity index (χ4n) is 3.80. The van der Waals surface area contributed by atoms with Crippen molar-refractivity contribution in [3.8, 4) is 0 Å². The first kappa shape index (κ1) is 18.4. The lowest BCUT2D eigenvalue weighted by molar-refractivity contribution is -0.136. The van der Waals surface area contributed by atoms with Gasteiger partial charge in [0.25, 0.3) is 5.56 Å². The number of carbonyl (C=O) groups is 1. The third kappa shape index (κ3) is 3.33. The zero-order chi connectivity index (χ0) is 19.7. The normalized spacial score (nSPS) is 14.6. The molecule has 1 fully saturated rings. The Hall–Kier alpha value is -2.93. The first-order valence-corrected chi connectivity index (χ1v) is 9.51. The fraction of sp³-hybridized carbons (Fsp3) is 0.381. The summed E-state index contributed by atoms with van der Waals surface area (Å²) in [6, 6.07) is 10.1. The summed E-state index contributed by atoms with van der Waals surface area (Å²) in [5.41, 5.74) is 2.86. The van der Waals surface area contributed by atoms with E-state index in [2.05, 4.69) is 21.8 Å². The topological polar surface area (TPSA) is 69.4 Å². The van der Waals surface area contributed by atoms with Gasteiger partial charge in [-0.2, -0.15) is 5.10 Å². The summed E-state index contributed by atoms with van der Waals surface area (Å²) in [7, 11) is 0. The molecule has 4 rings (SSSR count). The Morgan fingerprint density at radius 2 is 1.82 bits per heavy atom.